The van der Waals surface area contributed by atoms with Crippen molar-refractivity contribution >= 4 is 29.2 Å². The second-order valence-electron chi connectivity index (χ2n) is 7.55. The molecule has 0 spiro atoms. The molecule has 1 aliphatic heterocycles. The van der Waals surface area contributed by atoms with Crippen molar-refractivity contribution in [1.82, 2.24) is 9.88 Å². The van der Waals surface area contributed by atoms with Crippen LogP contribution in [-0.4, -0.2) is 41.8 Å². The molecule has 31 heavy (non-hydrogen) atoms. The molecule has 1 aliphatic rings. The second-order valence-corrected chi connectivity index (χ2v) is 7.95. The Hall–Kier alpha value is -2.81. The minimum atomic E-state index is -4.50. The van der Waals surface area contributed by atoms with Crippen molar-refractivity contribution in [3.63, 3.8) is 0 Å². The first-order valence-corrected chi connectivity index (χ1v) is 10.1. The normalized spacial score (nSPS) is 15.1. The third-order valence-corrected chi connectivity index (χ3v) is 5.58. The summed E-state index contributed by atoms with van der Waals surface area (Å²) in [6.45, 7) is 1.26. The summed E-state index contributed by atoms with van der Waals surface area (Å²) in [5, 5.41) is -0.0638. The minimum Gasteiger partial charge on any atom is -0.366 e. The van der Waals surface area contributed by atoms with Crippen molar-refractivity contribution in [1.29, 1.82) is 0 Å². The second kappa shape index (κ2) is 9.13. The van der Waals surface area contributed by atoms with Gasteiger partial charge in [-0.05, 0) is 36.6 Å². The number of pyridine rings is 1. The van der Waals surface area contributed by atoms with Crippen LogP contribution < -0.4 is 10.6 Å². The van der Waals surface area contributed by atoms with E-state index >= 15 is 0 Å². The Labute approximate surface area is 182 Å². The van der Waals surface area contributed by atoms with E-state index in [1.54, 1.807) is 35.0 Å². The summed E-state index contributed by atoms with van der Waals surface area (Å²) in [4.78, 5) is 31.4. The fourth-order valence-corrected chi connectivity index (χ4v) is 3.93. The maximum absolute atomic E-state index is 12.8. The monoisotopic (exact) mass is 454 g/mol. The van der Waals surface area contributed by atoms with E-state index in [1.165, 1.54) is 0 Å². The predicted octanol–water partition coefficient (Wildman–Crippen LogP) is 3.73. The lowest BCUT2D eigenvalue weighted by Gasteiger charge is -2.34. The van der Waals surface area contributed by atoms with Crippen molar-refractivity contribution < 1.29 is 22.8 Å². The van der Waals surface area contributed by atoms with Crippen LogP contribution in [0, 0.1) is 5.92 Å². The topological polar surface area (TPSA) is 79.5 Å². The number of amides is 2. The van der Waals surface area contributed by atoms with Crippen LogP contribution in [0.2, 0.25) is 5.02 Å². The first-order valence-electron chi connectivity index (χ1n) is 9.67. The summed E-state index contributed by atoms with van der Waals surface area (Å²) in [6, 6.07) is 7.68. The SMILES string of the molecule is CN(Cc1cccc(C(N)=O)c1)C(=O)C1CCN(c2ncc(C(F)(F)F)cc2Cl)CC1. The smallest absolute Gasteiger partial charge is 0.366 e. The van der Waals surface area contributed by atoms with Crippen molar-refractivity contribution in [3.05, 3.63) is 58.2 Å². The van der Waals surface area contributed by atoms with E-state index in [9.17, 15) is 22.8 Å². The van der Waals surface area contributed by atoms with Crippen LogP contribution in [0.3, 0.4) is 0 Å². The quantitative estimate of drug-likeness (QED) is 0.746. The largest absolute Gasteiger partial charge is 0.417 e. The standard InChI is InChI=1S/C21H22ClF3N4O2/c1-28(12-13-3-2-4-15(9-13)18(26)30)20(31)14-5-7-29(8-6-14)19-17(22)10-16(11-27-19)21(23,24)25/h2-4,9-11,14H,5-8,12H2,1H3,(H2,26,30). The molecule has 10 heteroatoms. The van der Waals surface area contributed by atoms with Gasteiger partial charge in [0, 0.05) is 44.4 Å². The highest BCUT2D eigenvalue weighted by atomic mass is 35.5. The van der Waals surface area contributed by atoms with Gasteiger partial charge in [0.2, 0.25) is 11.8 Å². The number of nitrogens with zero attached hydrogens (tertiary/aromatic N) is 3. The maximum Gasteiger partial charge on any atom is 0.417 e. The molecule has 2 N–H and O–H groups in total. The average molecular weight is 455 g/mol. The summed E-state index contributed by atoms with van der Waals surface area (Å²) in [7, 11) is 1.69. The van der Waals surface area contributed by atoms with Crippen molar-refractivity contribution in [2.75, 3.05) is 25.0 Å². The number of hydrogen-bond donors (Lipinski definition) is 1. The fraction of sp³-hybridized carbons (Fsp3) is 0.381. The Bertz CT molecular complexity index is 975. The molecule has 0 unspecified atom stereocenters. The molecule has 2 amide bonds. The van der Waals surface area contributed by atoms with Gasteiger partial charge in [0.1, 0.15) is 5.82 Å². The summed E-state index contributed by atoms with van der Waals surface area (Å²) >= 11 is 6.03. The number of hydrogen-bond acceptors (Lipinski definition) is 4. The Morgan fingerprint density at radius 3 is 2.52 bits per heavy atom. The molecule has 0 bridgehead atoms. The van der Waals surface area contributed by atoms with Crippen LogP contribution in [-0.2, 0) is 17.5 Å². The van der Waals surface area contributed by atoms with Crippen molar-refractivity contribution in [3.8, 4) is 0 Å². The van der Waals surface area contributed by atoms with Gasteiger partial charge >= 0.3 is 6.18 Å². The highest BCUT2D eigenvalue weighted by Gasteiger charge is 2.33. The number of rotatable bonds is 5. The molecule has 1 aromatic carbocycles. The number of carbonyl (C=O) groups is 2. The van der Waals surface area contributed by atoms with E-state index in [2.05, 4.69) is 4.98 Å². The molecule has 6 nitrogen and oxygen atoms in total. The van der Waals surface area contributed by atoms with Gasteiger partial charge in [0.15, 0.2) is 0 Å². The third-order valence-electron chi connectivity index (χ3n) is 5.30. The summed E-state index contributed by atoms with van der Waals surface area (Å²) in [5.41, 5.74) is 5.58. The summed E-state index contributed by atoms with van der Waals surface area (Å²) < 4.78 is 38.4. The van der Waals surface area contributed by atoms with Crippen molar-refractivity contribution in [2.45, 2.75) is 25.6 Å². The maximum atomic E-state index is 12.8. The molecular formula is C21H22ClF3N4O2. The van der Waals surface area contributed by atoms with E-state index in [4.69, 9.17) is 17.3 Å². The van der Waals surface area contributed by atoms with E-state index in [-0.39, 0.29) is 22.7 Å². The van der Waals surface area contributed by atoms with Gasteiger partial charge in [-0.2, -0.15) is 13.2 Å². The number of carbonyl (C=O) groups excluding carboxylic acids is 2. The number of piperidine rings is 1. The van der Waals surface area contributed by atoms with Crippen LogP contribution in [0.4, 0.5) is 19.0 Å². The molecule has 166 valence electrons. The summed E-state index contributed by atoms with van der Waals surface area (Å²) in [5.74, 6) is -0.486. The number of nitrogens with two attached hydrogens (primary N) is 1. The number of primary amides is 1. The van der Waals surface area contributed by atoms with Gasteiger partial charge in [0.25, 0.3) is 0 Å². The zero-order valence-electron chi connectivity index (χ0n) is 16.8. The van der Waals surface area contributed by atoms with Crippen LogP contribution in [0.15, 0.2) is 36.5 Å². The Kier molecular flexibility index (Phi) is 6.74. The molecule has 0 radical (unpaired) electrons. The molecule has 3 rings (SSSR count). The van der Waals surface area contributed by atoms with E-state index in [1.807, 2.05) is 6.07 Å². The molecule has 2 aromatic rings. The van der Waals surface area contributed by atoms with Crippen LogP contribution in [0.5, 0.6) is 0 Å². The number of aromatic nitrogens is 1. The Morgan fingerprint density at radius 2 is 1.94 bits per heavy atom. The van der Waals surface area contributed by atoms with Gasteiger partial charge < -0.3 is 15.5 Å². The Balaban J connectivity index is 1.59. The van der Waals surface area contributed by atoms with Crippen molar-refractivity contribution in [2.24, 2.45) is 11.7 Å². The predicted molar refractivity (Wildman–Crippen MR) is 111 cm³/mol. The lowest BCUT2D eigenvalue weighted by atomic mass is 9.95. The zero-order chi connectivity index (χ0) is 22.8. The van der Waals surface area contributed by atoms with Gasteiger partial charge in [0.05, 0.1) is 10.6 Å². The lowest BCUT2D eigenvalue weighted by Crippen LogP contribution is -2.41. The zero-order valence-corrected chi connectivity index (χ0v) is 17.6. The van der Waals surface area contributed by atoms with E-state index in [0.29, 0.717) is 38.0 Å². The first-order chi connectivity index (χ1) is 14.6. The molecule has 0 saturated carbocycles. The number of halogens is 4. The van der Waals surface area contributed by atoms with Gasteiger partial charge in [-0.25, -0.2) is 4.98 Å². The van der Waals surface area contributed by atoms with Crippen LogP contribution >= 0.6 is 11.6 Å². The fourth-order valence-electron chi connectivity index (χ4n) is 3.64. The third kappa shape index (κ3) is 5.46. The summed E-state index contributed by atoms with van der Waals surface area (Å²) in [6.07, 6.45) is -2.67. The number of anilines is 1. The highest BCUT2D eigenvalue weighted by molar-refractivity contribution is 6.33. The lowest BCUT2D eigenvalue weighted by molar-refractivity contribution is -0.138. The molecule has 1 saturated heterocycles. The molecule has 1 fully saturated rings. The number of benzene rings is 1. The minimum absolute atomic E-state index is 0.0318. The van der Waals surface area contributed by atoms with E-state index < -0.39 is 17.6 Å². The first kappa shape index (κ1) is 22.9. The molecule has 2 heterocycles. The van der Waals surface area contributed by atoms with Crippen LogP contribution in [0.1, 0.15) is 34.3 Å². The molecule has 0 aliphatic carbocycles. The van der Waals surface area contributed by atoms with E-state index in [0.717, 1.165) is 17.8 Å². The van der Waals surface area contributed by atoms with Crippen LogP contribution in [0.25, 0.3) is 0 Å². The molecular weight excluding hydrogens is 433 g/mol. The van der Waals surface area contributed by atoms with Gasteiger partial charge in [-0.15, -0.1) is 0 Å². The molecule has 1 aromatic heterocycles. The molecule has 0 atom stereocenters. The van der Waals surface area contributed by atoms with Gasteiger partial charge in [-0.3, -0.25) is 9.59 Å². The van der Waals surface area contributed by atoms with Gasteiger partial charge in [-0.1, -0.05) is 23.7 Å². The average Bonchev–Trinajstić information content (AvgIpc) is 2.73. The highest BCUT2D eigenvalue weighted by Crippen LogP contribution is 2.34. The Morgan fingerprint density at radius 1 is 1.26 bits per heavy atom. The number of alkyl halides is 3.